The molecule has 0 amide bonds. The van der Waals surface area contributed by atoms with Gasteiger partial charge in [0.1, 0.15) is 0 Å². The van der Waals surface area contributed by atoms with E-state index in [1.54, 1.807) is 34.9 Å². The molecule has 1 aromatic rings. The van der Waals surface area contributed by atoms with E-state index >= 15 is 0 Å². The molecule has 8 heavy (non-hydrogen) atoms. The lowest BCUT2D eigenvalue weighted by atomic mass is 10.9. The predicted octanol–water partition coefficient (Wildman–Crippen LogP) is 1.83. The summed E-state index contributed by atoms with van der Waals surface area (Å²) in [7, 11) is 6.45. The molecule has 0 atom stereocenters. The van der Waals surface area contributed by atoms with Crippen LogP contribution in [0, 0.1) is 0 Å². The molecule has 0 spiro atoms. The fraction of sp³-hybridized carbons (Fsp3) is 0.500. The third-order valence-electron chi connectivity index (χ3n) is 0.730. The summed E-state index contributed by atoms with van der Waals surface area (Å²) in [4.78, 5) is 0. The molecule has 0 bridgehead atoms. The molecule has 0 aliphatic rings. The normalized spacial score (nSPS) is 9.25. The van der Waals surface area contributed by atoms with Crippen molar-refractivity contribution in [3.63, 3.8) is 0 Å². The van der Waals surface area contributed by atoms with E-state index in [0.717, 1.165) is 10.1 Å². The van der Waals surface area contributed by atoms with E-state index in [4.69, 9.17) is 9.47 Å². The first-order valence-corrected chi connectivity index (χ1v) is 4.20. The number of rotatable bonds is 2. The van der Waals surface area contributed by atoms with Crippen LogP contribution in [0.1, 0.15) is 0 Å². The monoisotopic (exact) mass is 150 g/mol. The summed E-state index contributed by atoms with van der Waals surface area (Å²) in [6.07, 6.45) is 0. The third kappa shape index (κ3) is 0.809. The van der Waals surface area contributed by atoms with Crippen molar-refractivity contribution in [2.24, 2.45) is 0 Å². The van der Waals surface area contributed by atoms with Crippen molar-refractivity contribution in [1.29, 1.82) is 0 Å². The third-order valence-corrected chi connectivity index (χ3v) is 3.11. The Kier molecular flexibility index (Phi) is 1.75. The first-order chi connectivity index (χ1) is 3.88. The van der Waals surface area contributed by atoms with Crippen LogP contribution in [0.4, 0.5) is 0 Å². The Morgan fingerprint density at radius 1 is 1.00 bits per heavy atom. The van der Waals surface area contributed by atoms with Gasteiger partial charge in [0, 0.05) is 0 Å². The molecule has 0 radical (unpaired) electrons. The van der Waals surface area contributed by atoms with Crippen molar-refractivity contribution in [1.82, 2.24) is 0 Å². The first-order valence-electron chi connectivity index (χ1n) is 2.05. The van der Waals surface area contributed by atoms with Crippen LogP contribution in [0.15, 0.2) is 0 Å². The molecule has 46 valence electrons. The van der Waals surface area contributed by atoms with Crippen LogP contribution in [-0.4, -0.2) is 14.2 Å². The van der Waals surface area contributed by atoms with E-state index in [2.05, 4.69) is 0 Å². The quantitative estimate of drug-likeness (QED) is 0.599. The molecule has 0 aliphatic carbocycles. The maximum absolute atomic E-state index is 4.89. The molecule has 0 saturated heterocycles. The van der Waals surface area contributed by atoms with Gasteiger partial charge in [0.2, 0.25) is 10.1 Å². The minimum Gasteiger partial charge on any atom is -0.483 e. The van der Waals surface area contributed by atoms with Gasteiger partial charge in [-0.3, -0.25) is 0 Å². The van der Waals surface area contributed by atoms with Crippen molar-refractivity contribution in [2.45, 2.75) is 0 Å². The van der Waals surface area contributed by atoms with Crippen molar-refractivity contribution in [3.05, 3.63) is 0 Å². The van der Waals surface area contributed by atoms with Gasteiger partial charge in [0.25, 0.3) is 0 Å². The topological polar surface area (TPSA) is 18.5 Å². The fourth-order valence-electron chi connectivity index (χ4n) is 0.344. The van der Waals surface area contributed by atoms with Crippen LogP contribution in [0.5, 0.6) is 10.1 Å². The zero-order valence-corrected chi connectivity index (χ0v) is 6.27. The predicted molar refractivity (Wildman–Crippen MR) is 35.3 cm³/mol. The summed E-state index contributed by atoms with van der Waals surface area (Å²) >= 11 is 0. The second-order valence-electron chi connectivity index (χ2n) is 1.15. The van der Waals surface area contributed by atoms with Gasteiger partial charge in [-0.25, -0.2) is 0 Å². The molecular weight excluding hydrogens is 144 g/mol. The molecule has 2 nitrogen and oxygen atoms in total. The van der Waals surface area contributed by atoms with Gasteiger partial charge in [-0.2, -0.15) is 0 Å². The van der Waals surface area contributed by atoms with E-state index in [0.29, 0.717) is 0 Å². The highest BCUT2D eigenvalue weighted by atomic mass is 32.9. The Hall–Kier alpha value is -0.220. The summed E-state index contributed by atoms with van der Waals surface area (Å²) in [6.45, 7) is 0. The lowest BCUT2D eigenvalue weighted by Gasteiger charge is -2.05. The molecule has 1 heterocycles. The largest absolute Gasteiger partial charge is 0.483 e. The Bertz CT molecular complexity index is 138. The minimum atomic E-state index is 0.887. The zero-order valence-electron chi connectivity index (χ0n) is 4.63. The molecule has 0 N–H and O–H groups in total. The average molecular weight is 150 g/mol. The van der Waals surface area contributed by atoms with Crippen LogP contribution >= 0.6 is 20.7 Å². The van der Waals surface area contributed by atoms with Gasteiger partial charge in [-0.1, -0.05) is 0 Å². The molecule has 4 heteroatoms. The molecular formula is C4H6O2S2. The molecule has 0 aromatic carbocycles. The van der Waals surface area contributed by atoms with Crippen LogP contribution in [0.3, 0.4) is 0 Å². The number of hydrogen-bond donors (Lipinski definition) is 0. The van der Waals surface area contributed by atoms with Crippen LogP contribution in [0.25, 0.3) is 0 Å². The van der Waals surface area contributed by atoms with Gasteiger partial charge >= 0.3 is 0 Å². The van der Waals surface area contributed by atoms with Crippen molar-refractivity contribution in [3.8, 4) is 10.1 Å². The smallest absolute Gasteiger partial charge is 0.238 e. The summed E-state index contributed by atoms with van der Waals surface area (Å²) in [5, 5.41) is 1.77. The Morgan fingerprint density at radius 3 is 1.50 bits per heavy atom. The van der Waals surface area contributed by atoms with Crippen LogP contribution in [0.2, 0.25) is 0 Å². The number of ether oxygens (including phenoxy) is 2. The molecule has 1 rings (SSSR count). The molecule has 1 aromatic heterocycles. The van der Waals surface area contributed by atoms with Crippen LogP contribution in [-0.2, 0) is 0 Å². The summed E-state index contributed by atoms with van der Waals surface area (Å²) < 4.78 is 9.77. The zero-order chi connectivity index (χ0) is 5.98. The average Bonchev–Trinajstić information content (AvgIpc) is 1.66. The van der Waals surface area contributed by atoms with Gasteiger partial charge in [-0.15, -0.1) is 0 Å². The highest BCUT2D eigenvalue weighted by molar-refractivity contribution is 7.74. The lowest BCUT2D eigenvalue weighted by molar-refractivity contribution is 0.370. The van der Waals surface area contributed by atoms with Gasteiger partial charge in [0.05, 0.1) is 14.2 Å². The van der Waals surface area contributed by atoms with E-state index in [-0.39, 0.29) is 0 Å². The Labute approximate surface area is 55.0 Å². The second kappa shape index (κ2) is 2.37. The highest BCUT2D eigenvalue weighted by Gasteiger charge is 2.07. The van der Waals surface area contributed by atoms with E-state index < -0.39 is 0 Å². The molecule has 0 aliphatic heterocycles. The highest BCUT2D eigenvalue weighted by Crippen LogP contribution is 2.44. The standard InChI is InChI=1S/C4H6O2S2/c1-5-3-4(6-2)8-7-3/h1-2H3. The second-order valence-corrected chi connectivity index (χ2v) is 3.22. The molecule has 0 unspecified atom stereocenters. The van der Waals surface area contributed by atoms with E-state index in [1.165, 1.54) is 0 Å². The SMILES string of the molecule is COc1ssc1OC. The fourth-order valence-corrected chi connectivity index (χ4v) is 1.93. The molecule has 0 fully saturated rings. The van der Waals surface area contributed by atoms with Crippen LogP contribution < -0.4 is 9.47 Å². The van der Waals surface area contributed by atoms with E-state index in [1.807, 2.05) is 0 Å². The summed E-state index contributed by atoms with van der Waals surface area (Å²) in [5.41, 5.74) is 0. The first kappa shape index (κ1) is 5.91. The number of methoxy groups -OCH3 is 2. The van der Waals surface area contributed by atoms with Crippen molar-refractivity contribution >= 4 is 20.7 Å². The van der Waals surface area contributed by atoms with E-state index in [9.17, 15) is 0 Å². The van der Waals surface area contributed by atoms with Crippen molar-refractivity contribution < 1.29 is 9.47 Å². The Balaban J connectivity index is 2.58. The maximum atomic E-state index is 4.89. The van der Waals surface area contributed by atoms with Gasteiger partial charge in [-0.05, 0) is 20.7 Å². The Morgan fingerprint density at radius 2 is 1.38 bits per heavy atom. The molecule has 0 saturated carbocycles. The summed E-state index contributed by atoms with van der Waals surface area (Å²) in [6, 6.07) is 0. The van der Waals surface area contributed by atoms with Crippen molar-refractivity contribution in [2.75, 3.05) is 14.2 Å². The minimum absolute atomic E-state index is 0.887. The maximum Gasteiger partial charge on any atom is 0.238 e. The summed E-state index contributed by atoms with van der Waals surface area (Å²) in [5.74, 6) is 0. The van der Waals surface area contributed by atoms with Gasteiger partial charge < -0.3 is 9.47 Å². The van der Waals surface area contributed by atoms with Gasteiger partial charge in [0.15, 0.2) is 0 Å². The number of hydrogen-bond acceptors (Lipinski definition) is 4. The lowest BCUT2D eigenvalue weighted by Crippen LogP contribution is -1.86.